The number of hydrogen-bond donors (Lipinski definition) is 1. The van der Waals surface area contributed by atoms with Crippen LogP contribution in [0.25, 0.3) is 0 Å². The van der Waals surface area contributed by atoms with Gasteiger partial charge in [-0.2, -0.15) is 0 Å². The Morgan fingerprint density at radius 1 is 1.29 bits per heavy atom. The Hall–Kier alpha value is -0.780. The molecule has 5 heteroatoms. The van der Waals surface area contributed by atoms with Crippen molar-refractivity contribution in [3.63, 3.8) is 0 Å². The summed E-state index contributed by atoms with van der Waals surface area (Å²) < 4.78 is 27.8. The summed E-state index contributed by atoms with van der Waals surface area (Å²) in [6.45, 7) is 0. The molecule has 0 saturated carbocycles. The van der Waals surface area contributed by atoms with E-state index in [1.807, 2.05) is 11.4 Å². The Labute approximate surface area is 111 Å². The fourth-order valence-electron chi connectivity index (χ4n) is 1.68. The number of hydrogen-bond acceptors (Lipinski definition) is 2. The zero-order chi connectivity index (χ0) is 12.4. The minimum Gasteiger partial charge on any atom is -0.309 e. The van der Waals surface area contributed by atoms with Crippen molar-refractivity contribution in [3.05, 3.63) is 56.2 Å². The Morgan fingerprint density at radius 3 is 2.65 bits per heavy atom. The molecule has 0 aliphatic heterocycles. The first-order valence-corrected chi connectivity index (χ1v) is 6.66. The van der Waals surface area contributed by atoms with Gasteiger partial charge in [-0.05, 0) is 52.6 Å². The van der Waals surface area contributed by atoms with Crippen LogP contribution in [0.1, 0.15) is 16.5 Å². The van der Waals surface area contributed by atoms with Gasteiger partial charge < -0.3 is 5.32 Å². The summed E-state index contributed by atoms with van der Waals surface area (Å²) >= 11 is 4.90. The number of rotatable bonds is 3. The van der Waals surface area contributed by atoms with Gasteiger partial charge in [-0.25, -0.2) is 8.78 Å². The third kappa shape index (κ3) is 2.56. The maximum Gasteiger partial charge on any atom is 0.128 e. The summed E-state index contributed by atoms with van der Waals surface area (Å²) in [5, 5.41) is 4.91. The zero-order valence-corrected chi connectivity index (χ0v) is 11.4. The highest BCUT2D eigenvalue weighted by molar-refractivity contribution is 9.10. The van der Waals surface area contributed by atoms with E-state index in [4.69, 9.17) is 0 Å². The quantitative estimate of drug-likeness (QED) is 0.898. The minimum absolute atomic E-state index is 0.315. The van der Waals surface area contributed by atoms with E-state index in [1.54, 1.807) is 7.05 Å². The van der Waals surface area contributed by atoms with E-state index in [0.29, 0.717) is 5.56 Å². The van der Waals surface area contributed by atoms with Crippen LogP contribution in [-0.4, -0.2) is 7.05 Å². The summed E-state index contributed by atoms with van der Waals surface area (Å²) in [5.74, 6) is -0.847. The lowest BCUT2D eigenvalue weighted by Gasteiger charge is -2.16. The van der Waals surface area contributed by atoms with Gasteiger partial charge in [0, 0.05) is 14.9 Å². The lowest BCUT2D eigenvalue weighted by molar-refractivity contribution is 0.560. The van der Waals surface area contributed by atoms with E-state index in [1.165, 1.54) is 17.4 Å². The van der Waals surface area contributed by atoms with Gasteiger partial charge >= 0.3 is 0 Å². The molecule has 1 heterocycles. The molecule has 1 unspecified atom stereocenters. The monoisotopic (exact) mass is 317 g/mol. The molecule has 1 N–H and O–H groups in total. The second kappa shape index (κ2) is 5.25. The van der Waals surface area contributed by atoms with Gasteiger partial charge in [0.15, 0.2) is 0 Å². The van der Waals surface area contributed by atoms with Crippen LogP contribution < -0.4 is 5.32 Å². The Morgan fingerprint density at radius 2 is 2.06 bits per heavy atom. The first kappa shape index (κ1) is 12.7. The average molecular weight is 318 g/mol. The molecule has 1 nitrogen and oxygen atoms in total. The van der Waals surface area contributed by atoms with Crippen LogP contribution in [0.2, 0.25) is 0 Å². The number of benzene rings is 1. The van der Waals surface area contributed by atoms with Crippen LogP contribution in [0.4, 0.5) is 8.78 Å². The van der Waals surface area contributed by atoms with Crippen molar-refractivity contribution >= 4 is 27.3 Å². The van der Waals surface area contributed by atoms with Crippen molar-refractivity contribution in [2.24, 2.45) is 0 Å². The lowest BCUT2D eigenvalue weighted by atomic mass is 10.0. The molecular weight excluding hydrogens is 308 g/mol. The first-order valence-electron chi connectivity index (χ1n) is 4.98. The standard InChI is InChI=1S/C12H10BrF2NS/c1-16-11(12-9(13)4-5-17-12)8-6-7(14)2-3-10(8)15/h2-6,11,16H,1H3. The van der Waals surface area contributed by atoms with E-state index in [-0.39, 0.29) is 6.04 Å². The molecule has 17 heavy (non-hydrogen) atoms. The van der Waals surface area contributed by atoms with E-state index in [0.717, 1.165) is 21.5 Å². The average Bonchev–Trinajstić information content (AvgIpc) is 2.71. The maximum atomic E-state index is 13.7. The van der Waals surface area contributed by atoms with Crippen LogP contribution in [0, 0.1) is 11.6 Å². The predicted molar refractivity (Wildman–Crippen MR) is 69.3 cm³/mol. The molecule has 90 valence electrons. The molecular formula is C12H10BrF2NS. The topological polar surface area (TPSA) is 12.0 Å². The molecule has 1 aromatic heterocycles. The van der Waals surface area contributed by atoms with Crippen LogP contribution >= 0.6 is 27.3 Å². The SMILES string of the molecule is CNC(c1cc(F)ccc1F)c1sccc1Br. The fourth-order valence-corrected chi connectivity index (χ4v) is 3.40. The zero-order valence-electron chi connectivity index (χ0n) is 9.01. The third-order valence-electron chi connectivity index (χ3n) is 2.46. The third-order valence-corrected chi connectivity index (χ3v) is 4.40. The highest BCUT2D eigenvalue weighted by Gasteiger charge is 2.20. The van der Waals surface area contributed by atoms with Crippen molar-refractivity contribution < 1.29 is 8.78 Å². The van der Waals surface area contributed by atoms with E-state index in [2.05, 4.69) is 21.2 Å². The van der Waals surface area contributed by atoms with Crippen molar-refractivity contribution in [2.75, 3.05) is 7.05 Å². The summed E-state index contributed by atoms with van der Waals surface area (Å²) in [6, 6.07) is 5.04. The molecule has 0 bridgehead atoms. The highest BCUT2D eigenvalue weighted by Crippen LogP contribution is 2.34. The molecule has 0 amide bonds. The number of thiophene rings is 1. The van der Waals surface area contributed by atoms with Crippen LogP contribution in [0.3, 0.4) is 0 Å². The maximum absolute atomic E-state index is 13.7. The van der Waals surface area contributed by atoms with Gasteiger partial charge in [0.25, 0.3) is 0 Å². The largest absolute Gasteiger partial charge is 0.309 e. The molecule has 0 saturated heterocycles. The van der Waals surface area contributed by atoms with Crippen molar-refractivity contribution in [1.82, 2.24) is 5.32 Å². The summed E-state index contributed by atoms with van der Waals surface area (Å²) in [6.07, 6.45) is 0. The fraction of sp³-hybridized carbons (Fsp3) is 0.167. The second-order valence-electron chi connectivity index (χ2n) is 3.52. The Kier molecular flexibility index (Phi) is 3.91. The van der Waals surface area contributed by atoms with Gasteiger partial charge in [0.05, 0.1) is 6.04 Å². The van der Waals surface area contributed by atoms with Crippen molar-refractivity contribution in [3.8, 4) is 0 Å². The summed E-state index contributed by atoms with van der Waals surface area (Å²) in [5.41, 5.74) is 0.315. The molecule has 1 atom stereocenters. The summed E-state index contributed by atoms with van der Waals surface area (Å²) in [4.78, 5) is 0.928. The second-order valence-corrected chi connectivity index (χ2v) is 5.32. The first-order chi connectivity index (χ1) is 8.13. The van der Waals surface area contributed by atoms with Crippen LogP contribution in [-0.2, 0) is 0 Å². The lowest BCUT2D eigenvalue weighted by Crippen LogP contribution is -2.18. The molecule has 0 aliphatic rings. The molecule has 2 aromatic rings. The number of nitrogens with one attached hydrogen (secondary N) is 1. The van der Waals surface area contributed by atoms with Gasteiger partial charge in [0.2, 0.25) is 0 Å². The molecule has 0 spiro atoms. The molecule has 2 rings (SSSR count). The minimum atomic E-state index is -0.436. The molecule has 0 radical (unpaired) electrons. The normalized spacial score (nSPS) is 12.7. The van der Waals surface area contributed by atoms with Gasteiger partial charge in [-0.3, -0.25) is 0 Å². The van der Waals surface area contributed by atoms with Gasteiger partial charge in [-0.15, -0.1) is 11.3 Å². The van der Waals surface area contributed by atoms with E-state index < -0.39 is 11.6 Å². The predicted octanol–water partition coefficient (Wildman–Crippen LogP) is 4.10. The van der Waals surface area contributed by atoms with Crippen LogP contribution in [0.5, 0.6) is 0 Å². The van der Waals surface area contributed by atoms with E-state index in [9.17, 15) is 8.78 Å². The smallest absolute Gasteiger partial charge is 0.128 e. The van der Waals surface area contributed by atoms with Crippen LogP contribution in [0.15, 0.2) is 34.1 Å². The number of halogens is 3. The van der Waals surface area contributed by atoms with Gasteiger partial charge in [0.1, 0.15) is 11.6 Å². The van der Waals surface area contributed by atoms with Crippen molar-refractivity contribution in [2.45, 2.75) is 6.04 Å². The Bertz CT molecular complexity index is 527. The van der Waals surface area contributed by atoms with Gasteiger partial charge in [-0.1, -0.05) is 0 Å². The molecule has 0 aliphatic carbocycles. The molecule has 1 aromatic carbocycles. The van der Waals surface area contributed by atoms with Crippen molar-refractivity contribution in [1.29, 1.82) is 0 Å². The summed E-state index contributed by atoms with van der Waals surface area (Å²) in [7, 11) is 1.72. The van der Waals surface area contributed by atoms with E-state index >= 15 is 0 Å². The molecule has 0 fully saturated rings. The Balaban J connectivity index is 2.49. The highest BCUT2D eigenvalue weighted by atomic mass is 79.9.